The van der Waals surface area contributed by atoms with Gasteiger partial charge in [0.1, 0.15) is 5.75 Å². The van der Waals surface area contributed by atoms with Crippen molar-refractivity contribution in [2.75, 3.05) is 13.0 Å². The van der Waals surface area contributed by atoms with Gasteiger partial charge in [-0.3, -0.25) is 0 Å². The minimum atomic E-state index is 0.106. The van der Waals surface area contributed by atoms with Crippen LogP contribution in [0.15, 0.2) is 24.3 Å². The van der Waals surface area contributed by atoms with E-state index < -0.39 is 0 Å². The first-order valence-electron chi connectivity index (χ1n) is 7.12. The second kappa shape index (κ2) is 6.62. The molecule has 0 aliphatic heterocycles. The molecule has 1 aliphatic carbocycles. The molecule has 19 heavy (non-hydrogen) atoms. The molecular weight excluding hydrogens is 258 g/mol. The zero-order valence-corrected chi connectivity index (χ0v) is 12.7. The highest BCUT2D eigenvalue weighted by molar-refractivity contribution is 6.18. The van der Waals surface area contributed by atoms with Crippen LogP contribution in [0.2, 0.25) is 0 Å². The first-order valence-corrected chi connectivity index (χ1v) is 7.65. The molecule has 2 nitrogen and oxygen atoms in total. The lowest BCUT2D eigenvalue weighted by Crippen LogP contribution is -2.49. The Morgan fingerprint density at radius 1 is 1.32 bits per heavy atom. The number of alkyl halides is 1. The third-order valence-electron chi connectivity index (χ3n) is 4.33. The van der Waals surface area contributed by atoms with Crippen LogP contribution in [0.4, 0.5) is 0 Å². The van der Waals surface area contributed by atoms with Crippen molar-refractivity contribution in [1.29, 1.82) is 0 Å². The Bertz CT molecular complexity index is 399. The molecule has 0 unspecified atom stereocenters. The lowest BCUT2D eigenvalue weighted by Gasteiger charge is -2.39. The molecule has 0 saturated heterocycles. The smallest absolute Gasteiger partial charge is 0.123 e. The van der Waals surface area contributed by atoms with E-state index in [0.29, 0.717) is 5.88 Å². The van der Waals surface area contributed by atoms with Crippen LogP contribution >= 0.6 is 11.6 Å². The molecule has 0 aromatic heterocycles. The van der Waals surface area contributed by atoms with Crippen LogP contribution in [0.25, 0.3) is 0 Å². The number of ether oxygens (including phenoxy) is 1. The zero-order valence-electron chi connectivity index (χ0n) is 11.9. The van der Waals surface area contributed by atoms with Crippen LogP contribution in [0.1, 0.15) is 38.2 Å². The van der Waals surface area contributed by atoms with E-state index in [-0.39, 0.29) is 5.54 Å². The maximum atomic E-state index is 6.23. The minimum absolute atomic E-state index is 0.106. The number of hydrogen-bond acceptors (Lipinski definition) is 2. The van der Waals surface area contributed by atoms with Crippen LogP contribution in [-0.4, -0.2) is 18.5 Å². The fraction of sp³-hybridized carbons (Fsp3) is 0.625. The summed E-state index contributed by atoms with van der Waals surface area (Å²) in [6.45, 7) is 3.16. The number of hydrogen-bond donors (Lipinski definition) is 1. The molecule has 0 heterocycles. The van der Waals surface area contributed by atoms with Gasteiger partial charge in [-0.2, -0.15) is 0 Å². The van der Waals surface area contributed by atoms with E-state index in [0.717, 1.165) is 18.2 Å². The first kappa shape index (κ1) is 14.7. The average molecular weight is 282 g/mol. The van der Waals surface area contributed by atoms with Crippen LogP contribution in [0, 0.1) is 5.92 Å². The Labute approximate surface area is 121 Å². The molecule has 1 saturated carbocycles. The Balaban J connectivity index is 2.00. The number of para-hydroxylation sites is 1. The second-order valence-electron chi connectivity index (χ2n) is 5.76. The van der Waals surface area contributed by atoms with Gasteiger partial charge in [-0.15, -0.1) is 11.6 Å². The summed E-state index contributed by atoms with van der Waals surface area (Å²) in [5.74, 6) is 2.47. The third kappa shape index (κ3) is 3.64. The first-order chi connectivity index (χ1) is 9.19. The molecule has 1 aromatic carbocycles. The molecular formula is C16H24ClNO. The molecule has 1 fully saturated rings. The Hall–Kier alpha value is -0.730. The standard InChI is InChI=1S/C16H24ClNO/c1-13-7-9-16(12-17,10-8-13)18-11-14-5-3-4-6-15(14)19-2/h3-6,13,18H,7-12H2,1-2H3. The fourth-order valence-corrected chi connectivity index (χ4v) is 3.17. The van der Waals surface area contributed by atoms with Crippen molar-refractivity contribution in [2.45, 2.75) is 44.7 Å². The monoisotopic (exact) mass is 281 g/mol. The second-order valence-corrected chi connectivity index (χ2v) is 6.03. The molecule has 0 bridgehead atoms. The van der Waals surface area contributed by atoms with Crippen LogP contribution < -0.4 is 10.1 Å². The third-order valence-corrected chi connectivity index (χ3v) is 4.85. The Morgan fingerprint density at radius 2 is 2.00 bits per heavy atom. The number of methoxy groups -OCH3 is 1. The molecule has 2 rings (SSSR count). The molecule has 0 amide bonds. The maximum absolute atomic E-state index is 6.23. The van der Waals surface area contributed by atoms with E-state index >= 15 is 0 Å². The molecule has 3 heteroatoms. The van der Waals surface area contributed by atoms with Crippen molar-refractivity contribution in [3.8, 4) is 5.75 Å². The quantitative estimate of drug-likeness (QED) is 0.825. The van der Waals surface area contributed by atoms with Crippen molar-refractivity contribution in [1.82, 2.24) is 5.32 Å². The summed E-state index contributed by atoms with van der Waals surface area (Å²) < 4.78 is 5.40. The molecule has 1 aromatic rings. The van der Waals surface area contributed by atoms with E-state index in [1.54, 1.807) is 7.11 Å². The van der Waals surface area contributed by atoms with Gasteiger partial charge < -0.3 is 10.1 Å². The van der Waals surface area contributed by atoms with E-state index in [9.17, 15) is 0 Å². The predicted octanol–water partition coefficient (Wildman–Crippen LogP) is 3.97. The van der Waals surface area contributed by atoms with Gasteiger partial charge in [-0.05, 0) is 37.7 Å². The summed E-state index contributed by atoms with van der Waals surface area (Å²) in [5.41, 5.74) is 1.31. The predicted molar refractivity (Wildman–Crippen MR) is 80.9 cm³/mol. The van der Waals surface area contributed by atoms with Crippen molar-refractivity contribution < 1.29 is 4.74 Å². The van der Waals surface area contributed by atoms with Crippen LogP contribution in [0.3, 0.4) is 0 Å². The van der Waals surface area contributed by atoms with Gasteiger partial charge >= 0.3 is 0 Å². The molecule has 0 radical (unpaired) electrons. The molecule has 1 N–H and O–H groups in total. The SMILES string of the molecule is COc1ccccc1CNC1(CCl)CCC(C)CC1. The summed E-state index contributed by atoms with van der Waals surface area (Å²) >= 11 is 6.23. The summed E-state index contributed by atoms with van der Waals surface area (Å²) in [7, 11) is 1.72. The van der Waals surface area contributed by atoms with Gasteiger partial charge in [0, 0.05) is 23.5 Å². The zero-order chi connectivity index (χ0) is 13.7. The van der Waals surface area contributed by atoms with Crippen LogP contribution in [-0.2, 0) is 6.54 Å². The largest absolute Gasteiger partial charge is 0.496 e. The topological polar surface area (TPSA) is 21.3 Å². The number of benzene rings is 1. The van der Waals surface area contributed by atoms with Gasteiger partial charge in [0.05, 0.1) is 7.11 Å². The summed E-state index contributed by atoms with van der Waals surface area (Å²) in [6, 6.07) is 8.17. The van der Waals surface area contributed by atoms with Crippen molar-refractivity contribution in [3.05, 3.63) is 29.8 Å². The van der Waals surface area contributed by atoms with Crippen molar-refractivity contribution in [3.63, 3.8) is 0 Å². The Kier molecular flexibility index (Phi) is 5.12. The molecule has 106 valence electrons. The van der Waals surface area contributed by atoms with Gasteiger partial charge in [-0.25, -0.2) is 0 Å². The Morgan fingerprint density at radius 3 is 2.63 bits per heavy atom. The highest BCUT2D eigenvalue weighted by Crippen LogP contribution is 2.33. The number of halogens is 1. The highest BCUT2D eigenvalue weighted by Gasteiger charge is 2.32. The van der Waals surface area contributed by atoms with Gasteiger partial charge in [-0.1, -0.05) is 25.1 Å². The van der Waals surface area contributed by atoms with E-state index in [1.165, 1.54) is 31.2 Å². The minimum Gasteiger partial charge on any atom is -0.496 e. The average Bonchev–Trinajstić information content (AvgIpc) is 2.47. The fourth-order valence-electron chi connectivity index (χ4n) is 2.80. The normalized spacial score (nSPS) is 27.2. The van der Waals surface area contributed by atoms with Crippen molar-refractivity contribution >= 4 is 11.6 Å². The summed E-state index contributed by atoms with van der Waals surface area (Å²) in [4.78, 5) is 0. The van der Waals surface area contributed by atoms with E-state index in [4.69, 9.17) is 16.3 Å². The maximum Gasteiger partial charge on any atom is 0.123 e. The molecule has 1 aliphatic rings. The molecule has 0 atom stereocenters. The van der Waals surface area contributed by atoms with Crippen molar-refractivity contribution in [2.24, 2.45) is 5.92 Å². The van der Waals surface area contributed by atoms with Gasteiger partial charge in [0.25, 0.3) is 0 Å². The highest BCUT2D eigenvalue weighted by atomic mass is 35.5. The van der Waals surface area contributed by atoms with Gasteiger partial charge in [0.15, 0.2) is 0 Å². The number of rotatable bonds is 5. The summed E-state index contributed by atoms with van der Waals surface area (Å²) in [6.07, 6.45) is 4.89. The summed E-state index contributed by atoms with van der Waals surface area (Å²) in [5, 5.41) is 3.68. The van der Waals surface area contributed by atoms with E-state index in [2.05, 4.69) is 24.4 Å². The lowest BCUT2D eigenvalue weighted by atomic mass is 9.78. The van der Waals surface area contributed by atoms with Gasteiger partial charge in [0.2, 0.25) is 0 Å². The number of nitrogens with one attached hydrogen (secondary N) is 1. The lowest BCUT2D eigenvalue weighted by molar-refractivity contribution is 0.215. The van der Waals surface area contributed by atoms with E-state index in [1.807, 2.05) is 12.1 Å². The molecule has 0 spiro atoms. The van der Waals surface area contributed by atoms with Crippen LogP contribution in [0.5, 0.6) is 5.75 Å².